The molecule has 0 fully saturated rings. The Kier molecular flexibility index (Phi) is 6.72. The number of aryl methyl sites for hydroxylation is 3. The summed E-state index contributed by atoms with van der Waals surface area (Å²) in [5.41, 5.74) is 4.39. The number of hydrogen-bond donors (Lipinski definition) is 1. The van der Waals surface area contributed by atoms with E-state index in [0.29, 0.717) is 11.6 Å². The Morgan fingerprint density at radius 3 is 2.43 bits per heavy atom. The number of anilines is 1. The molecule has 0 unspecified atom stereocenters. The summed E-state index contributed by atoms with van der Waals surface area (Å²) in [5, 5.41) is 8.85. The quantitative estimate of drug-likeness (QED) is 0.243. The Hall–Kier alpha value is -3.78. The minimum Gasteiger partial charge on any atom is -0.463 e. The topological polar surface area (TPSA) is 64.9 Å². The van der Waals surface area contributed by atoms with Crippen molar-refractivity contribution in [3.05, 3.63) is 77.4 Å². The van der Waals surface area contributed by atoms with Gasteiger partial charge in [0.1, 0.15) is 16.4 Å². The van der Waals surface area contributed by atoms with E-state index in [-0.39, 0.29) is 0 Å². The van der Waals surface area contributed by atoms with Gasteiger partial charge in [0, 0.05) is 24.7 Å². The number of ether oxygens (including phenoxy) is 1. The smallest absolute Gasteiger partial charge is 0.228 e. The first kappa shape index (κ1) is 23.0. The molecule has 0 amide bonds. The molecule has 0 bridgehead atoms. The Labute approximate surface area is 207 Å². The van der Waals surface area contributed by atoms with Gasteiger partial charge in [-0.2, -0.15) is 5.10 Å². The molecular weight excluding hydrogens is 461 g/mol. The van der Waals surface area contributed by atoms with Gasteiger partial charge in [0.2, 0.25) is 6.86 Å². The highest BCUT2D eigenvalue weighted by Crippen LogP contribution is 2.31. The van der Waals surface area contributed by atoms with Crippen molar-refractivity contribution in [3.63, 3.8) is 0 Å². The molecule has 8 heteroatoms. The van der Waals surface area contributed by atoms with Gasteiger partial charge in [0.05, 0.1) is 17.1 Å². The highest BCUT2D eigenvalue weighted by molar-refractivity contribution is 7.18. The fourth-order valence-corrected chi connectivity index (χ4v) is 4.89. The highest BCUT2D eigenvalue weighted by Gasteiger charge is 2.13. The molecule has 35 heavy (non-hydrogen) atoms. The number of nitrogens with zero attached hydrogens (tertiary/aromatic N) is 4. The van der Waals surface area contributed by atoms with E-state index in [2.05, 4.69) is 47.7 Å². The third-order valence-electron chi connectivity index (χ3n) is 5.78. The first-order valence-electron chi connectivity index (χ1n) is 11.5. The van der Waals surface area contributed by atoms with E-state index in [1.165, 1.54) is 10.4 Å². The Morgan fingerprint density at radius 2 is 1.74 bits per heavy atom. The number of hydrogen-bond acceptors (Lipinski definition) is 6. The molecule has 0 aliphatic carbocycles. The van der Waals surface area contributed by atoms with Crippen LogP contribution in [0.3, 0.4) is 0 Å². The number of benzene rings is 2. The molecule has 0 saturated carbocycles. The first-order valence-corrected chi connectivity index (χ1v) is 12.3. The number of fused-ring (bicyclic) bond motifs is 1. The maximum absolute atomic E-state index is 12.3. The van der Waals surface area contributed by atoms with Crippen LogP contribution in [0, 0.1) is 6.92 Å². The van der Waals surface area contributed by atoms with E-state index in [0.717, 1.165) is 52.1 Å². The zero-order valence-corrected chi connectivity index (χ0v) is 20.5. The summed E-state index contributed by atoms with van der Waals surface area (Å²) in [5.74, 6) is 2.09. The van der Waals surface area contributed by atoms with Crippen LogP contribution in [0.25, 0.3) is 32.7 Å². The van der Waals surface area contributed by atoms with Crippen LogP contribution in [0.4, 0.5) is 10.2 Å². The third-order valence-corrected chi connectivity index (χ3v) is 6.72. The summed E-state index contributed by atoms with van der Waals surface area (Å²) in [6.45, 7) is 2.09. The maximum Gasteiger partial charge on any atom is 0.228 e. The lowest BCUT2D eigenvalue weighted by Crippen LogP contribution is -2.06. The van der Waals surface area contributed by atoms with E-state index >= 15 is 0 Å². The van der Waals surface area contributed by atoms with Crippen LogP contribution in [-0.2, 0) is 13.5 Å². The molecule has 3 heterocycles. The molecule has 3 aromatic heterocycles. The van der Waals surface area contributed by atoms with Gasteiger partial charge < -0.3 is 10.1 Å². The lowest BCUT2D eigenvalue weighted by molar-refractivity contribution is 0.192. The Balaban J connectivity index is 1.22. The summed E-state index contributed by atoms with van der Waals surface area (Å²) in [6.07, 6.45) is 5.66. The molecule has 0 saturated heterocycles. The number of aromatic nitrogens is 4. The zero-order valence-electron chi connectivity index (χ0n) is 19.7. The highest BCUT2D eigenvalue weighted by atomic mass is 32.1. The number of nitrogens with one attached hydrogen (secondary N) is 1. The van der Waals surface area contributed by atoms with Crippen LogP contribution in [-0.4, -0.2) is 33.2 Å². The Bertz CT molecular complexity index is 1430. The summed E-state index contributed by atoms with van der Waals surface area (Å²) in [7, 11) is 1.89. The van der Waals surface area contributed by atoms with Crippen LogP contribution < -0.4 is 10.1 Å². The van der Waals surface area contributed by atoms with Gasteiger partial charge in [-0.15, -0.1) is 11.3 Å². The summed E-state index contributed by atoms with van der Waals surface area (Å²) in [4.78, 5) is 11.8. The van der Waals surface area contributed by atoms with Gasteiger partial charge >= 0.3 is 0 Å². The van der Waals surface area contributed by atoms with Crippen LogP contribution in [0.1, 0.15) is 16.9 Å². The van der Waals surface area contributed by atoms with Crippen LogP contribution >= 0.6 is 11.3 Å². The molecule has 0 radical (unpaired) electrons. The second kappa shape index (κ2) is 10.2. The van der Waals surface area contributed by atoms with Crippen LogP contribution in [0.15, 0.2) is 67.0 Å². The van der Waals surface area contributed by atoms with E-state index in [1.54, 1.807) is 34.3 Å². The van der Waals surface area contributed by atoms with Crippen molar-refractivity contribution in [2.45, 2.75) is 19.8 Å². The van der Waals surface area contributed by atoms with Gasteiger partial charge in [-0.1, -0.05) is 36.4 Å². The average molecular weight is 488 g/mol. The van der Waals surface area contributed by atoms with Crippen LogP contribution in [0.2, 0.25) is 0 Å². The maximum atomic E-state index is 12.3. The second-order valence-corrected chi connectivity index (χ2v) is 9.61. The van der Waals surface area contributed by atoms with Gasteiger partial charge in [-0.3, -0.25) is 4.68 Å². The lowest BCUT2D eigenvalue weighted by Gasteiger charge is -2.09. The first-order chi connectivity index (χ1) is 17.1. The minimum absolute atomic E-state index is 0.534. The summed E-state index contributed by atoms with van der Waals surface area (Å²) < 4.78 is 18.9. The standard InChI is InChI=1S/C27H26FN5OS/c1-18-14-24-26(31-25(32-27(24)35-18)22-15-30-33(2)16-22)29-13-3-4-19-5-7-20(8-6-19)21-9-11-23(12-10-21)34-17-28/h5-12,14-16H,3-4,13,17H2,1-2H3,(H,29,31,32). The SMILES string of the molecule is Cc1cc2c(NCCCc3ccc(-c4ccc(OCF)cc4)cc3)nc(-c3cnn(C)c3)nc2s1. The third kappa shape index (κ3) is 5.33. The van der Waals surface area contributed by atoms with Crippen molar-refractivity contribution in [1.82, 2.24) is 19.7 Å². The Morgan fingerprint density at radius 1 is 1.00 bits per heavy atom. The number of halogens is 1. The molecule has 5 rings (SSSR count). The fraction of sp³-hybridized carbons (Fsp3) is 0.222. The zero-order chi connectivity index (χ0) is 24.2. The van der Waals surface area contributed by atoms with Crippen molar-refractivity contribution in [2.24, 2.45) is 7.05 Å². The lowest BCUT2D eigenvalue weighted by atomic mass is 10.0. The largest absolute Gasteiger partial charge is 0.463 e. The predicted octanol–water partition coefficient (Wildman–Crippen LogP) is 6.42. The van der Waals surface area contributed by atoms with Gasteiger partial charge in [-0.05, 0) is 54.7 Å². The van der Waals surface area contributed by atoms with Crippen molar-refractivity contribution in [1.29, 1.82) is 0 Å². The molecule has 0 aliphatic heterocycles. The van der Waals surface area contributed by atoms with Gasteiger partial charge in [0.25, 0.3) is 0 Å². The monoisotopic (exact) mass is 487 g/mol. The minimum atomic E-state index is -0.816. The second-order valence-electron chi connectivity index (χ2n) is 8.38. The molecule has 6 nitrogen and oxygen atoms in total. The molecule has 5 aromatic rings. The number of thiophene rings is 1. The summed E-state index contributed by atoms with van der Waals surface area (Å²) in [6, 6.07) is 18.2. The molecule has 0 spiro atoms. The molecule has 2 aromatic carbocycles. The van der Waals surface area contributed by atoms with E-state index < -0.39 is 6.86 Å². The van der Waals surface area contributed by atoms with E-state index in [9.17, 15) is 4.39 Å². The number of rotatable bonds is 9. The average Bonchev–Trinajstić information content (AvgIpc) is 3.47. The molecule has 0 atom stereocenters. The molecule has 0 aliphatic rings. The molecule has 1 N–H and O–H groups in total. The van der Waals surface area contributed by atoms with Crippen molar-refractivity contribution in [3.8, 4) is 28.3 Å². The number of alkyl halides is 1. The predicted molar refractivity (Wildman–Crippen MR) is 140 cm³/mol. The molecule has 178 valence electrons. The normalized spacial score (nSPS) is 11.2. The summed E-state index contributed by atoms with van der Waals surface area (Å²) >= 11 is 1.68. The van der Waals surface area contributed by atoms with Crippen molar-refractivity contribution >= 4 is 27.4 Å². The van der Waals surface area contributed by atoms with Crippen molar-refractivity contribution < 1.29 is 9.13 Å². The van der Waals surface area contributed by atoms with Crippen LogP contribution in [0.5, 0.6) is 5.75 Å². The van der Waals surface area contributed by atoms with E-state index in [1.807, 2.05) is 25.4 Å². The van der Waals surface area contributed by atoms with Gasteiger partial charge in [-0.25, -0.2) is 14.4 Å². The van der Waals surface area contributed by atoms with Crippen molar-refractivity contribution in [2.75, 3.05) is 18.7 Å². The molecular formula is C27H26FN5OS. The van der Waals surface area contributed by atoms with E-state index in [4.69, 9.17) is 14.7 Å². The fourth-order valence-electron chi connectivity index (χ4n) is 4.01. The van der Waals surface area contributed by atoms with Gasteiger partial charge in [0.15, 0.2) is 5.82 Å².